The summed E-state index contributed by atoms with van der Waals surface area (Å²) in [5.74, 6) is 0.165. The molecule has 0 spiro atoms. The number of halogens is 1. The zero-order valence-corrected chi connectivity index (χ0v) is 15.4. The van der Waals surface area contributed by atoms with E-state index in [-0.39, 0.29) is 5.82 Å². The molecule has 3 saturated heterocycles. The van der Waals surface area contributed by atoms with Gasteiger partial charge in [-0.25, -0.2) is 4.39 Å². The first-order valence-electron chi connectivity index (χ1n) is 9.94. The van der Waals surface area contributed by atoms with Gasteiger partial charge in [-0.3, -0.25) is 14.6 Å². The predicted molar refractivity (Wildman–Crippen MR) is 101 cm³/mol. The van der Waals surface area contributed by atoms with Gasteiger partial charge < -0.3 is 9.80 Å². The smallest absolute Gasteiger partial charge is 0.222 e. The predicted octanol–water partition coefficient (Wildman–Crippen LogP) is 1.64. The maximum atomic E-state index is 13.1. The first-order valence-corrected chi connectivity index (χ1v) is 9.94. The number of likely N-dealkylation sites (tertiary alicyclic amines) is 2. The third-order valence-corrected chi connectivity index (χ3v) is 6.07. The second-order valence-electron chi connectivity index (χ2n) is 7.75. The Balaban J connectivity index is 1.16. The normalized spacial score (nSPS) is 23.3. The maximum absolute atomic E-state index is 13.1. The van der Waals surface area contributed by atoms with Gasteiger partial charge in [-0.2, -0.15) is 0 Å². The Hall–Kier alpha value is -1.66. The summed E-state index contributed by atoms with van der Waals surface area (Å²) in [5, 5.41) is 0. The summed E-state index contributed by atoms with van der Waals surface area (Å²) >= 11 is 0. The quantitative estimate of drug-likeness (QED) is 0.799. The summed E-state index contributed by atoms with van der Waals surface area (Å²) < 4.78 is 13.1. The summed E-state index contributed by atoms with van der Waals surface area (Å²) in [6.07, 6.45) is 2.96. The lowest BCUT2D eigenvalue weighted by Crippen LogP contribution is -2.63. The SMILES string of the molecule is O=C1CCCCN1CCN1CC(N2CCN(c3ccc(F)cc3)CC2)C1. The molecule has 0 N–H and O–H groups in total. The molecule has 4 rings (SSSR count). The molecule has 142 valence electrons. The van der Waals surface area contributed by atoms with E-state index in [1.54, 1.807) is 12.1 Å². The second kappa shape index (κ2) is 7.92. The minimum Gasteiger partial charge on any atom is -0.369 e. The van der Waals surface area contributed by atoms with Crippen molar-refractivity contribution in [3.63, 3.8) is 0 Å². The number of rotatable bonds is 5. The van der Waals surface area contributed by atoms with Crippen molar-refractivity contribution in [1.82, 2.24) is 14.7 Å². The maximum Gasteiger partial charge on any atom is 0.222 e. The van der Waals surface area contributed by atoms with Crippen LogP contribution < -0.4 is 4.90 Å². The van der Waals surface area contributed by atoms with E-state index in [0.717, 1.165) is 83.9 Å². The third kappa shape index (κ3) is 4.01. The van der Waals surface area contributed by atoms with Gasteiger partial charge in [0.05, 0.1) is 0 Å². The molecule has 0 radical (unpaired) electrons. The highest BCUT2D eigenvalue weighted by atomic mass is 19.1. The van der Waals surface area contributed by atoms with E-state index in [2.05, 4.69) is 14.7 Å². The lowest BCUT2D eigenvalue weighted by Gasteiger charge is -2.49. The molecule has 0 saturated carbocycles. The average Bonchev–Trinajstić information content (AvgIpc) is 2.63. The highest BCUT2D eigenvalue weighted by molar-refractivity contribution is 5.76. The van der Waals surface area contributed by atoms with E-state index < -0.39 is 0 Å². The molecule has 0 aromatic heterocycles. The Kier molecular flexibility index (Phi) is 5.41. The van der Waals surface area contributed by atoms with Gasteiger partial charge in [0.15, 0.2) is 0 Å². The molecule has 3 aliphatic rings. The van der Waals surface area contributed by atoms with Crippen molar-refractivity contribution in [2.24, 2.45) is 0 Å². The van der Waals surface area contributed by atoms with Gasteiger partial charge in [0, 0.05) is 77.1 Å². The van der Waals surface area contributed by atoms with Crippen LogP contribution in [-0.4, -0.2) is 85.6 Å². The molecule has 0 unspecified atom stereocenters. The molecule has 0 bridgehead atoms. The monoisotopic (exact) mass is 360 g/mol. The number of hydrogen-bond acceptors (Lipinski definition) is 4. The number of piperidine rings is 1. The molecule has 6 heteroatoms. The fourth-order valence-electron chi connectivity index (χ4n) is 4.31. The number of carbonyl (C=O) groups is 1. The van der Waals surface area contributed by atoms with Crippen molar-refractivity contribution in [3.8, 4) is 0 Å². The van der Waals surface area contributed by atoms with Crippen LogP contribution in [-0.2, 0) is 4.79 Å². The van der Waals surface area contributed by atoms with Gasteiger partial charge in [0.2, 0.25) is 5.91 Å². The zero-order valence-electron chi connectivity index (χ0n) is 15.4. The third-order valence-electron chi connectivity index (χ3n) is 6.07. The molecular weight excluding hydrogens is 331 g/mol. The first-order chi connectivity index (χ1) is 12.7. The van der Waals surface area contributed by atoms with Gasteiger partial charge in [-0.15, -0.1) is 0 Å². The van der Waals surface area contributed by atoms with Crippen LogP contribution >= 0.6 is 0 Å². The Morgan fingerprint density at radius 2 is 1.65 bits per heavy atom. The highest BCUT2D eigenvalue weighted by Crippen LogP contribution is 2.21. The fourth-order valence-corrected chi connectivity index (χ4v) is 4.31. The average molecular weight is 360 g/mol. The van der Waals surface area contributed by atoms with Crippen molar-refractivity contribution in [2.45, 2.75) is 25.3 Å². The molecule has 3 heterocycles. The molecule has 3 fully saturated rings. The second-order valence-corrected chi connectivity index (χ2v) is 7.75. The zero-order chi connectivity index (χ0) is 17.9. The van der Waals surface area contributed by atoms with E-state index in [0.29, 0.717) is 11.9 Å². The van der Waals surface area contributed by atoms with Gasteiger partial charge in [-0.1, -0.05) is 0 Å². The molecule has 1 aromatic carbocycles. The number of hydrogen-bond donors (Lipinski definition) is 0. The van der Waals surface area contributed by atoms with Crippen molar-refractivity contribution >= 4 is 11.6 Å². The van der Waals surface area contributed by atoms with Crippen molar-refractivity contribution in [3.05, 3.63) is 30.1 Å². The molecule has 1 amide bonds. The lowest BCUT2D eigenvalue weighted by atomic mass is 10.1. The molecular formula is C20H29FN4O. The number of carbonyl (C=O) groups excluding carboxylic acids is 1. The summed E-state index contributed by atoms with van der Waals surface area (Å²) in [6.45, 7) is 9.25. The number of benzene rings is 1. The Morgan fingerprint density at radius 1 is 0.923 bits per heavy atom. The number of piperazine rings is 1. The van der Waals surface area contributed by atoms with Gasteiger partial charge in [0.25, 0.3) is 0 Å². The van der Waals surface area contributed by atoms with E-state index in [1.807, 2.05) is 17.0 Å². The standard InChI is InChI=1S/C20H29FN4O/c21-17-4-6-18(7-5-17)23-11-13-24(14-12-23)19-15-22(16-19)9-10-25-8-2-1-3-20(25)26/h4-7,19H,1-3,8-16H2. The van der Waals surface area contributed by atoms with Crippen molar-refractivity contribution in [1.29, 1.82) is 0 Å². The molecule has 0 aliphatic carbocycles. The van der Waals surface area contributed by atoms with E-state index in [4.69, 9.17) is 0 Å². The number of nitrogens with zero attached hydrogens (tertiary/aromatic N) is 4. The van der Waals surface area contributed by atoms with Gasteiger partial charge >= 0.3 is 0 Å². The van der Waals surface area contributed by atoms with E-state index in [9.17, 15) is 9.18 Å². The van der Waals surface area contributed by atoms with E-state index in [1.165, 1.54) is 0 Å². The van der Waals surface area contributed by atoms with Crippen LogP contribution in [0.4, 0.5) is 10.1 Å². The van der Waals surface area contributed by atoms with Gasteiger partial charge in [0.1, 0.15) is 5.82 Å². The Bertz CT molecular complexity index is 609. The topological polar surface area (TPSA) is 30.0 Å². The van der Waals surface area contributed by atoms with Crippen LogP contribution in [0.1, 0.15) is 19.3 Å². The number of anilines is 1. The molecule has 0 atom stereocenters. The summed E-state index contributed by atoms with van der Waals surface area (Å²) in [4.78, 5) is 21.3. The van der Waals surface area contributed by atoms with Crippen molar-refractivity contribution in [2.75, 3.05) is 63.8 Å². The summed E-state index contributed by atoms with van der Waals surface area (Å²) in [5.41, 5.74) is 1.12. The molecule has 5 nitrogen and oxygen atoms in total. The molecule has 1 aromatic rings. The lowest BCUT2D eigenvalue weighted by molar-refractivity contribution is -0.133. The Labute approximate surface area is 155 Å². The van der Waals surface area contributed by atoms with Crippen LogP contribution in [0.15, 0.2) is 24.3 Å². The minimum atomic E-state index is -0.173. The van der Waals surface area contributed by atoms with Crippen LogP contribution in [0.5, 0.6) is 0 Å². The summed E-state index contributed by atoms with van der Waals surface area (Å²) in [6, 6.07) is 7.48. The Morgan fingerprint density at radius 3 is 2.35 bits per heavy atom. The first kappa shape index (κ1) is 17.7. The van der Waals surface area contributed by atoms with Crippen LogP contribution in [0.3, 0.4) is 0 Å². The van der Waals surface area contributed by atoms with Gasteiger partial charge in [-0.05, 0) is 37.1 Å². The summed E-state index contributed by atoms with van der Waals surface area (Å²) in [7, 11) is 0. The van der Waals surface area contributed by atoms with E-state index >= 15 is 0 Å². The molecule has 3 aliphatic heterocycles. The highest BCUT2D eigenvalue weighted by Gasteiger charge is 2.33. The minimum absolute atomic E-state index is 0.173. The van der Waals surface area contributed by atoms with Crippen LogP contribution in [0, 0.1) is 5.82 Å². The largest absolute Gasteiger partial charge is 0.369 e. The number of amides is 1. The van der Waals surface area contributed by atoms with Crippen LogP contribution in [0.25, 0.3) is 0 Å². The molecule has 26 heavy (non-hydrogen) atoms. The fraction of sp³-hybridized carbons (Fsp3) is 0.650. The van der Waals surface area contributed by atoms with Crippen LogP contribution in [0.2, 0.25) is 0 Å². The van der Waals surface area contributed by atoms with Crippen molar-refractivity contribution < 1.29 is 9.18 Å².